The van der Waals surface area contributed by atoms with Gasteiger partial charge >= 0.3 is 0 Å². The number of benzene rings is 2. The third-order valence-corrected chi connectivity index (χ3v) is 6.00. The van der Waals surface area contributed by atoms with Crippen molar-refractivity contribution in [1.29, 1.82) is 0 Å². The molecule has 0 amide bonds. The summed E-state index contributed by atoms with van der Waals surface area (Å²) in [6, 6.07) is 13.5. The van der Waals surface area contributed by atoms with Gasteiger partial charge in [-0.05, 0) is 44.2 Å². The molecule has 0 bridgehead atoms. The Labute approximate surface area is 174 Å². The maximum absolute atomic E-state index is 12.9. The highest BCUT2D eigenvalue weighted by Crippen LogP contribution is 2.27. The summed E-state index contributed by atoms with van der Waals surface area (Å²) < 4.78 is 28.2. The molecule has 0 aliphatic heterocycles. The molecule has 3 rings (SSSR count). The van der Waals surface area contributed by atoms with Gasteiger partial charge in [0.15, 0.2) is 0 Å². The number of anilines is 2. The highest BCUT2D eigenvalue weighted by atomic mass is 35.5. The Bertz CT molecular complexity index is 1080. The third-order valence-electron chi connectivity index (χ3n) is 3.90. The predicted molar refractivity (Wildman–Crippen MR) is 113 cm³/mol. The van der Waals surface area contributed by atoms with Gasteiger partial charge in [0.1, 0.15) is 4.90 Å². The van der Waals surface area contributed by atoms with Crippen LogP contribution >= 0.6 is 23.2 Å². The van der Waals surface area contributed by atoms with Crippen molar-refractivity contribution in [2.75, 3.05) is 10.0 Å². The van der Waals surface area contributed by atoms with Crippen molar-refractivity contribution in [2.24, 2.45) is 0 Å². The first-order valence-corrected chi connectivity index (χ1v) is 10.6. The van der Waals surface area contributed by atoms with E-state index in [0.717, 1.165) is 0 Å². The molecule has 9 heteroatoms. The first kappa shape index (κ1) is 20.4. The minimum absolute atomic E-state index is 0.0291. The molecule has 1 aromatic heterocycles. The minimum Gasteiger partial charge on any atom is -0.380 e. The Morgan fingerprint density at radius 2 is 1.54 bits per heavy atom. The van der Waals surface area contributed by atoms with Crippen LogP contribution in [0.3, 0.4) is 0 Å². The van der Waals surface area contributed by atoms with E-state index in [2.05, 4.69) is 20.0 Å². The fraction of sp³-hybridized carbons (Fsp3) is 0.158. The van der Waals surface area contributed by atoms with Crippen LogP contribution in [0.5, 0.6) is 0 Å². The van der Waals surface area contributed by atoms with Gasteiger partial charge in [-0.25, -0.2) is 23.1 Å². The Balaban J connectivity index is 1.88. The first-order valence-electron chi connectivity index (χ1n) is 8.37. The van der Waals surface area contributed by atoms with Gasteiger partial charge < -0.3 is 5.32 Å². The summed E-state index contributed by atoms with van der Waals surface area (Å²) in [6.45, 7) is 3.82. The van der Waals surface area contributed by atoms with Crippen molar-refractivity contribution >= 4 is 44.9 Å². The summed E-state index contributed by atoms with van der Waals surface area (Å²) in [5, 5.41) is 4.10. The normalized spacial score (nSPS) is 11.3. The average Bonchev–Trinajstić information content (AvgIpc) is 2.60. The zero-order valence-corrected chi connectivity index (χ0v) is 17.5. The van der Waals surface area contributed by atoms with Crippen LogP contribution in [0.25, 0.3) is 0 Å². The van der Waals surface area contributed by atoms with Gasteiger partial charge in [0.2, 0.25) is 5.95 Å². The Hall–Kier alpha value is -2.35. The fourth-order valence-corrected chi connectivity index (χ4v) is 4.34. The van der Waals surface area contributed by atoms with E-state index in [4.69, 9.17) is 23.2 Å². The molecule has 2 aromatic carbocycles. The van der Waals surface area contributed by atoms with Crippen LogP contribution in [0.15, 0.2) is 53.4 Å². The van der Waals surface area contributed by atoms with E-state index in [1.807, 2.05) is 0 Å². The highest BCUT2D eigenvalue weighted by molar-refractivity contribution is 7.92. The lowest BCUT2D eigenvalue weighted by Gasteiger charge is -2.14. The number of nitrogens with zero attached hydrogens (tertiary/aromatic N) is 2. The van der Waals surface area contributed by atoms with Crippen molar-refractivity contribution in [3.05, 3.63) is 75.5 Å². The van der Waals surface area contributed by atoms with E-state index in [1.54, 1.807) is 56.3 Å². The van der Waals surface area contributed by atoms with Crippen LogP contribution in [0, 0.1) is 13.8 Å². The van der Waals surface area contributed by atoms with E-state index in [1.165, 1.54) is 6.07 Å². The van der Waals surface area contributed by atoms with Crippen LogP contribution in [-0.4, -0.2) is 18.4 Å². The second-order valence-corrected chi connectivity index (χ2v) is 8.59. The van der Waals surface area contributed by atoms with E-state index in [9.17, 15) is 8.42 Å². The van der Waals surface area contributed by atoms with Crippen LogP contribution < -0.4 is 10.0 Å². The first-order chi connectivity index (χ1) is 13.3. The molecule has 0 fully saturated rings. The molecule has 2 N–H and O–H groups in total. The summed E-state index contributed by atoms with van der Waals surface area (Å²) in [5.41, 5.74) is 2.44. The molecule has 0 saturated carbocycles. The molecule has 3 aromatic rings. The number of nitrogens with one attached hydrogen (secondary N) is 2. The number of hydrogen-bond donors (Lipinski definition) is 2. The molecule has 0 atom stereocenters. The second kappa shape index (κ2) is 8.34. The van der Waals surface area contributed by atoms with Crippen LogP contribution in [0.4, 0.5) is 11.6 Å². The lowest BCUT2D eigenvalue weighted by Crippen LogP contribution is -2.17. The van der Waals surface area contributed by atoms with Gasteiger partial charge in [0.25, 0.3) is 10.0 Å². The number of halogens is 2. The Morgan fingerprint density at radius 3 is 2.18 bits per heavy atom. The minimum atomic E-state index is -3.91. The van der Waals surface area contributed by atoms with Crippen LogP contribution in [0.2, 0.25) is 10.0 Å². The Morgan fingerprint density at radius 1 is 0.929 bits per heavy atom. The predicted octanol–water partition coefficient (Wildman–Crippen LogP) is 4.81. The van der Waals surface area contributed by atoms with E-state index < -0.39 is 10.0 Å². The van der Waals surface area contributed by atoms with Gasteiger partial charge in [-0.1, -0.05) is 41.4 Å². The third kappa shape index (κ3) is 4.73. The molecule has 0 aliphatic carbocycles. The molecule has 0 unspecified atom stereocenters. The number of sulfonamides is 1. The smallest absolute Gasteiger partial charge is 0.266 e. The quantitative estimate of drug-likeness (QED) is 0.578. The van der Waals surface area contributed by atoms with Crippen molar-refractivity contribution in [1.82, 2.24) is 9.97 Å². The number of aryl methyl sites for hydroxylation is 2. The van der Waals surface area contributed by atoms with Gasteiger partial charge in [-0.2, -0.15) is 0 Å². The van der Waals surface area contributed by atoms with Gasteiger partial charge in [0.05, 0.1) is 5.69 Å². The summed E-state index contributed by atoms with van der Waals surface area (Å²) in [4.78, 5) is 8.34. The summed E-state index contributed by atoms with van der Waals surface area (Å²) >= 11 is 12.4. The molecular formula is C19H18Cl2N4O2S. The monoisotopic (exact) mass is 436 g/mol. The highest BCUT2D eigenvalue weighted by Gasteiger charge is 2.20. The molecule has 0 radical (unpaired) electrons. The van der Waals surface area contributed by atoms with Crippen molar-refractivity contribution in [3.63, 3.8) is 0 Å². The maximum Gasteiger partial charge on any atom is 0.266 e. The average molecular weight is 437 g/mol. The summed E-state index contributed by atoms with van der Waals surface area (Å²) in [6.07, 6.45) is 0. The summed E-state index contributed by atoms with van der Waals surface area (Å²) in [5.74, 6) is 0.0291. The molecule has 0 spiro atoms. The fourth-order valence-electron chi connectivity index (χ4n) is 2.68. The summed E-state index contributed by atoms with van der Waals surface area (Å²) in [7, 11) is -3.91. The molecule has 28 heavy (non-hydrogen) atoms. The number of aromatic nitrogens is 2. The molecular weight excluding hydrogens is 419 g/mol. The van der Waals surface area contributed by atoms with Crippen LogP contribution in [-0.2, 0) is 16.6 Å². The van der Waals surface area contributed by atoms with E-state index >= 15 is 0 Å². The van der Waals surface area contributed by atoms with Crippen molar-refractivity contribution in [2.45, 2.75) is 25.3 Å². The number of para-hydroxylation sites is 1. The standard InChI is InChI=1S/C19H18Cl2N4O2S/c1-12-10-13(2)24-19(23-12)25-28(26,27)18-9-4-3-8-17(18)22-11-14-15(20)6-5-7-16(14)21/h3-10,22H,11H2,1-2H3,(H,23,24,25). The van der Waals surface area contributed by atoms with Gasteiger partial charge in [0, 0.05) is 33.5 Å². The second-order valence-electron chi connectivity index (χ2n) is 6.13. The zero-order chi connectivity index (χ0) is 20.3. The van der Waals surface area contributed by atoms with Gasteiger partial charge in [-0.3, -0.25) is 0 Å². The molecule has 0 aliphatic rings. The van der Waals surface area contributed by atoms with Crippen LogP contribution in [0.1, 0.15) is 17.0 Å². The van der Waals surface area contributed by atoms with Crippen molar-refractivity contribution in [3.8, 4) is 0 Å². The van der Waals surface area contributed by atoms with Crippen molar-refractivity contribution < 1.29 is 8.42 Å². The lowest BCUT2D eigenvalue weighted by molar-refractivity contribution is 0.601. The topological polar surface area (TPSA) is 84.0 Å². The number of hydrogen-bond acceptors (Lipinski definition) is 5. The number of rotatable bonds is 6. The zero-order valence-electron chi connectivity index (χ0n) is 15.2. The lowest BCUT2D eigenvalue weighted by atomic mass is 10.2. The van der Waals surface area contributed by atoms with Gasteiger partial charge in [-0.15, -0.1) is 0 Å². The van der Waals surface area contributed by atoms with E-state index in [-0.39, 0.29) is 17.4 Å². The molecule has 0 saturated heterocycles. The SMILES string of the molecule is Cc1cc(C)nc(NS(=O)(=O)c2ccccc2NCc2c(Cl)cccc2Cl)n1. The largest absolute Gasteiger partial charge is 0.380 e. The molecule has 6 nitrogen and oxygen atoms in total. The molecule has 146 valence electrons. The molecule has 1 heterocycles. The van der Waals surface area contributed by atoms with E-state index in [0.29, 0.717) is 32.7 Å². The Kier molecular flexibility index (Phi) is 6.07. The maximum atomic E-state index is 12.9.